The Kier molecular flexibility index (Phi) is 7.34. The van der Waals surface area contributed by atoms with Crippen molar-refractivity contribution >= 4 is 56.5 Å². The third-order valence-electron chi connectivity index (χ3n) is 8.48. The van der Waals surface area contributed by atoms with E-state index in [1.807, 2.05) is 38.1 Å². The van der Waals surface area contributed by atoms with Crippen LogP contribution < -0.4 is 0 Å². The van der Waals surface area contributed by atoms with Crippen LogP contribution in [0.2, 0.25) is 0 Å². The molecule has 10 nitrogen and oxygen atoms in total. The summed E-state index contributed by atoms with van der Waals surface area (Å²) < 4.78 is 0.721. The Labute approximate surface area is 233 Å². The fourth-order valence-corrected chi connectivity index (χ4v) is 10.1. The summed E-state index contributed by atoms with van der Waals surface area (Å²) >= 11 is 5.12. The van der Waals surface area contributed by atoms with E-state index in [-0.39, 0.29) is 47.6 Å². The van der Waals surface area contributed by atoms with Crippen LogP contribution in [0.15, 0.2) is 36.9 Å². The first-order chi connectivity index (χ1) is 18.2. The summed E-state index contributed by atoms with van der Waals surface area (Å²) in [4.78, 5) is 44.1. The van der Waals surface area contributed by atoms with Gasteiger partial charge in [-0.3, -0.25) is 14.4 Å². The highest BCUT2D eigenvalue weighted by Crippen LogP contribution is 2.68. The molecule has 2 N–H and O–H groups in total. The zero-order valence-corrected chi connectivity index (χ0v) is 23.7. The third kappa shape index (κ3) is 3.98. The standard InChI is InChI=1S/C26H32BrN5O5S/c1-4-10-30(13-31-17-9-7-6-8-16(17)28-29-31)24(35)22-26-11-15(27)21(38-26)19(25(36)37)20(26)23(34)32(22)18(12-33)14(3)5-2/h4,6-9,14-15,18-22,33H,1,5,10-13H2,2-3H3,(H,36,37)/t14-,15?,18-,19-,20-,21-,22?,26?/m0/s1. The number of carboxylic acid groups (broad SMARTS) is 1. The van der Waals surface area contributed by atoms with E-state index in [4.69, 9.17) is 0 Å². The van der Waals surface area contributed by atoms with E-state index < -0.39 is 34.6 Å². The SMILES string of the molecule is C=CCN(Cn1nnc2ccccc21)C(=O)C1N([C@@H](CO)[C@@H](C)CC)C(=O)[C@@H]2[C@H](C(=O)O)[C@H]3SC12CC3Br. The molecule has 3 saturated heterocycles. The van der Waals surface area contributed by atoms with Gasteiger partial charge in [-0.1, -0.05) is 59.6 Å². The minimum absolute atomic E-state index is 0.0892. The number of likely N-dealkylation sites (tertiary alicyclic amines) is 1. The summed E-state index contributed by atoms with van der Waals surface area (Å²) in [5.74, 6) is -3.52. The molecule has 0 radical (unpaired) electrons. The Morgan fingerprint density at radius 3 is 2.79 bits per heavy atom. The molecule has 38 heavy (non-hydrogen) atoms. The van der Waals surface area contributed by atoms with Crippen LogP contribution in [0.1, 0.15) is 26.7 Å². The summed E-state index contributed by atoms with van der Waals surface area (Å²) in [7, 11) is 0. The van der Waals surface area contributed by atoms with E-state index in [1.165, 1.54) is 16.7 Å². The van der Waals surface area contributed by atoms with Gasteiger partial charge >= 0.3 is 5.97 Å². The van der Waals surface area contributed by atoms with Gasteiger partial charge in [-0.25, -0.2) is 4.68 Å². The molecule has 12 heteroatoms. The summed E-state index contributed by atoms with van der Waals surface area (Å²) in [5, 5.41) is 28.7. The first kappa shape index (κ1) is 27.1. The number of carboxylic acids is 1. The second-order valence-corrected chi connectivity index (χ2v) is 13.2. The van der Waals surface area contributed by atoms with Crippen molar-refractivity contribution in [2.24, 2.45) is 17.8 Å². The molecular formula is C26H32BrN5O5S. The van der Waals surface area contributed by atoms with Crippen LogP contribution >= 0.6 is 27.7 Å². The van der Waals surface area contributed by atoms with Crippen molar-refractivity contribution in [1.82, 2.24) is 24.8 Å². The van der Waals surface area contributed by atoms with Crippen LogP contribution in [0.5, 0.6) is 0 Å². The molecule has 0 aliphatic carbocycles. The monoisotopic (exact) mass is 605 g/mol. The highest BCUT2D eigenvalue weighted by Gasteiger charge is 2.76. The van der Waals surface area contributed by atoms with Gasteiger partial charge in [-0.2, -0.15) is 0 Å². The van der Waals surface area contributed by atoms with Gasteiger partial charge in [0.2, 0.25) is 11.8 Å². The zero-order chi connectivity index (χ0) is 27.4. The van der Waals surface area contributed by atoms with Crippen molar-refractivity contribution in [3.8, 4) is 0 Å². The maximum Gasteiger partial charge on any atom is 0.308 e. The van der Waals surface area contributed by atoms with Gasteiger partial charge < -0.3 is 20.0 Å². The van der Waals surface area contributed by atoms with Gasteiger partial charge in [-0.15, -0.1) is 23.4 Å². The van der Waals surface area contributed by atoms with Gasteiger partial charge in [0, 0.05) is 16.6 Å². The Bertz CT molecular complexity index is 1270. The Balaban J connectivity index is 1.59. The smallest absolute Gasteiger partial charge is 0.308 e. The fraction of sp³-hybridized carbons (Fsp3) is 0.577. The average Bonchev–Trinajstić information content (AvgIpc) is 3.61. The number of aromatic nitrogens is 3. The first-order valence-corrected chi connectivity index (χ1v) is 14.6. The number of halogens is 1. The minimum atomic E-state index is -1.03. The molecule has 3 fully saturated rings. The quantitative estimate of drug-likeness (QED) is 0.312. The molecule has 2 bridgehead atoms. The lowest BCUT2D eigenvalue weighted by molar-refractivity contribution is -0.150. The lowest BCUT2D eigenvalue weighted by Crippen LogP contribution is -2.59. The van der Waals surface area contributed by atoms with Crippen molar-refractivity contribution in [3.05, 3.63) is 36.9 Å². The molecule has 1 aromatic carbocycles. The molecule has 3 aliphatic heterocycles. The molecule has 204 valence electrons. The maximum atomic E-state index is 14.6. The highest BCUT2D eigenvalue weighted by atomic mass is 79.9. The van der Waals surface area contributed by atoms with Crippen LogP contribution in [-0.4, -0.2) is 92.8 Å². The second-order valence-electron chi connectivity index (χ2n) is 10.5. The van der Waals surface area contributed by atoms with Crippen LogP contribution in [-0.2, 0) is 21.1 Å². The van der Waals surface area contributed by atoms with Gasteiger partial charge in [0.1, 0.15) is 18.2 Å². The topological polar surface area (TPSA) is 129 Å². The van der Waals surface area contributed by atoms with Crippen molar-refractivity contribution in [1.29, 1.82) is 0 Å². The number of carbonyl (C=O) groups excluding carboxylic acids is 2. The van der Waals surface area contributed by atoms with E-state index in [9.17, 15) is 24.6 Å². The number of hydrogen-bond acceptors (Lipinski definition) is 7. The summed E-state index contributed by atoms with van der Waals surface area (Å²) in [6, 6.07) is 5.91. The van der Waals surface area contributed by atoms with Crippen molar-refractivity contribution in [2.45, 2.75) is 60.3 Å². The number of thioether (sulfide) groups is 1. The van der Waals surface area contributed by atoms with Gasteiger partial charge in [0.25, 0.3) is 0 Å². The molecule has 5 rings (SSSR count). The summed E-state index contributed by atoms with van der Waals surface area (Å²) in [5.41, 5.74) is 1.46. The Morgan fingerprint density at radius 2 is 2.13 bits per heavy atom. The predicted molar refractivity (Wildman–Crippen MR) is 146 cm³/mol. The van der Waals surface area contributed by atoms with Crippen molar-refractivity contribution in [2.75, 3.05) is 13.2 Å². The number of rotatable bonds is 10. The van der Waals surface area contributed by atoms with Crippen LogP contribution in [0.4, 0.5) is 0 Å². The van der Waals surface area contributed by atoms with Crippen molar-refractivity contribution < 1.29 is 24.6 Å². The normalized spacial score (nSPS) is 31.4. The number of amides is 2. The largest absolute Gasteiger partial charge is 0.481 e. The number of aliphatic carboxylic acids is 1. The number of carbonyl (C=O) groups is 3. The number of para-hydroxylation sites is 1. The molecule has 1 spiro atoms. The lowest BCUT2D eigenvalue weighted by atomic mass is 9.71. The Hall–Kier alpha value is -2.44. The number of hydrogen-bond donors (Lipinski definition) is 2. The molecule has 2 amide bonds. The fourth-order valence-electron chi connectivity index (χ4n) is 6.53. The number of nitrogens with zero attached hydrogens (tertiary/aromatic N) is 5. The Morgan fingerprint density at radius 1 is 1.39 bits per heavy atom. The second kappa shape index (κ2) is 10.3. The molecule has 0 saturated carbocycles. The lowest BCUT2D eigenvalue weighted by Gasteiger charge is -2.41. The molecule has 2 aromatic rings. The van der Waals surface area contributed by atoms with Crippen LogP contribution in [0, 0.1) is 17.8 Å². The van der Waals surface area contributed by atoms with Gasteiger partial charge in [-0.05, 0) is 24.5 Å². The number of benzene rings is 1. The maximum absolute atomic E-state index is 14.6. The number of alkyl halides is 1. The van der Waals surface area contributed by atoms with Crippen LogP contribution in [0.25, 0.3) is 11.0 Å². The predicted octanol–water partition coefficient (Wildman–Crippen LogP) is 2.36. The average molecular weight is 607 g/mol. The summed E-state index contributed by atoms with van der Waals surface area (Å²) in [6.07, 6.45) is 2.80. The molecule has 3 aliphatic rings. The minimum Gasteiger partial charge on any atom is -0.481 e. The molecule has 3 unspecified atom stereocenters. The first-order valence-electron chi connectivity index (χ1n) is 12.9. The van der Waals surface area contributed by atoms with Crippen LogP contribution in [0.3, 0.4) is 0 Å². The number of fused-ring (bicyclic) bond motifs is 2. The third-order valence-corrected chi connectivity index (χ3v) is 11.7. The zero-order valence-electron chi connectivity index (χ0n) is 21.3. The summed E-state index contributed by atoms with van der Waals surface area (Å²) in [6.45, 7) is 7.73. The van der Waals surface area contributed by atoms with E-state index in [0.29, 0.717) is 18.4 Å². The molecule has 8 atom stereocenters. The molecule has 4 heterocycles. The van der Waals surface area contributed by atoms with E-state index in [1.54, 1.807) is 15.7 Å². The highest BCUT2D eigenvalue weighted by molar-refractivity contribution is 9.09. The molecular weight excluding hydrogens is 574 g/mol. The van der Waals surface area contributed by atoms with Gasteiger partial charge in [0.05, 0.1) is 34.7 Å². The van der Waals surface area contributed by atoms with Gasteiger partial charge in [0.15, 0.2) is 0 Å². The van der Waals surface area contributed by atoms with E-state index >= 15 is 0 Å². The van der Waals surface area contributed by atoms with E-state index in [0.717, 1.165) is 5.52 Å². The van der Waals surface area contributed by atoms with Crippen molar-refractivity contribution in [3.63, 3.8) is 0 Å². The molecule has 1 aromatic heterocycles. The van der Waals surface area contributed by atoms with E-state index in [2.05, 4.69) is 32.8 Å². The number of aliphatic hydroxyl groups is 1. The number of aliphatic hydroxyl groups excluding tert-OH is 1.